The molecule has 0 aliphatic rings. The van der Waals surface area contributed by atoms with E-state index >= 15 is 0 Å². The van der Waals surface area contributed by atoms with Crippen molar-refractivity contribution in [1.29, 1.82) is 0 Å². The molecule has 1 amide bonds. The van der Waals surface area contributed by atoms with Gasteiger partial charge in [-0.25, -0.2) is 0 Å². The summed E-state index contributed by atoms with van der Waals surface area (Å²) < 4.78 is 28.1. The Morgan fingerprint density at radius 2 is 1.65 bits per heavy atom. The third kappa shape index (κ3) is 13.0. The number of nitrogens with zero attached hydrogens (tertiary/aromatic N) is 1. The second kappa shape index (κ2) is 11.4. The lowest BCUT2D eigenvalue weighted by Crippen LogP contribution is -2.32. The summed E-state index contributed by atoms with van der Waals surface area (Å²) in [6, 6.07) is 0. The van der Waals surface area contributed by atoms with Gasteiger partial charge in [0, 0.05) is 26.4 Å². The lowest BCUT2D eigenvalue weighted by molar-refractivity contribution is -0.137. The highest BCUT2D eigenvalue weighted by Gasteiger charge is 2.16. The standard InChI is InChI=1S/C15H29NO6S/c1-13(2)12-22-23(20,21)11-10-16(3)14(17)8-6-4-5-7-9-15(18)19/h13H,4-12H2,1-3H3,(H,18,19). The van der Waals surface area contributed by atoms with E-state index < -0.39 is 16.1 Å². The Hall–Kier alpha value is -1.15. The molecule has 0 fully saturated rings. The van der Waals surface area contributed by atoms with Crippen molar-refractivity contribution < 1.29 is 27.3 Å². The van der Waals surface area contributed by atoms with Crippen molar-refractivity contribution in [3.63, 3.8) is 0 Å². The maximum absolute atomic E-state index is 11.9. The molecule has 0 aliphatic carbocycles. The number of rotatable bonds is 13. The van der Waals surface area contributed by atoms with Gasteiger partial charge in [-0.05, 0) is 18.8 Å². The molecule has 23 heavy (non-hydrogen) atoms. The highest BCUT2D eigenvalue weighted by atomic mass is 32.2. The zero-order valence-corrected chi connectivity index (χ0v) is 15.1. The number of unbranched alkanes of at least 4 members (excludes halogenated alkanes) is 3. The first kappa shape index (κ1) is 21.9. The number of carbonyl (C=O) groups excluding carboxylic acids is 1. The van der Waals surface area contributed by atoms with Crippen LogP contribution in [0, 0.1) is 5.92 Å². The van der Waals surface area contributed by atoms with Gasteiger partial charge in [0.2, 0.25) is 5.91 Å². The Labute approximate surface area is 139 Å². The molecule has 1 N–H and O–H groups in total. The van der Waals surface area contributed by atoms with E-state index in [0.717, 1.165) is 12.8 Å². The van der Waals surface area contributed by atoms with Gasteiger partial charge in [0.25, 0.3) is 10.1 Å². The quantitative estimate of drug-likeness (QED) is 0.401. The summed E-state index contributed by atoms with van der Waals surface area (Å²) in [5, 5.41) is 8.50. The summed E-state index contributed by atoms with van der Waals surface area (Å²) in [5.74, 6) is -0.991. The molecule has 0 saturated heterocycles. The van der Waals surface area contributed by atoms with E-state index in [0.29, 0.717) is 19.3 Å². The van der Waals surface area contributed by atoms with E-state index in [4.69, 9.17) is 9.29 Å². The van der Waals surface area contributed by atoms with E-state index in [1.54, 1.807) is 7.05 Å². The second-order valence-electron chi connectivity index (χ2n) is 6.06. The van der Waals surface area contributed by atoms with Gasteiger partial charge in [0.15, 0.2) is 0 Å². The van der Waals surface area contributed by atoms with E-state index in [1.807, 2.05) is 13.8 Å². The third-order valence-electron chi connectivity index (χ3n) is 3.21. The molecule has 0 aromatic rings. The zero-order chi connectivity index (χ0) is 17.9. The Bertz CT molecular complexity index is 461. The summed E-state index contributed by atoms with van der Waals surface area (Å²) in [5.41, 5.74) is 0. The van der Waals surface area contributed by atoms with Crippen LogP contribution in [-0.4, -0.2) is 56.3 Å². The highest BCUT2D eigenvalue weighted by Crippen LogP contribution is 2.07. The number of hydrogen-bond donors (Lipinski definition) is 1. The number of carbonyl (C=O) groups is 2. The average Bonchev–Trinajstić information content (AvgIpc) is 2.46. The summed E-state index contributed by atoms with van der Waals surface area (Å²) >= 11 is 0. The molecule has 0 aromatic carbocycles. The molecule has 7 nitrogen and oxygen atoms in total. The van der Waals surface area contributed by atoms with Gasteiger partial charge in [-0.2, -0.15) is 8.42 Å². The lowest BCUT2D eigenvalue weighted by Gasteiger charge is -2.17. The normalized spacial score (nSPS) is 11.7. The predicted octanol–water partition coefficient (Wildman–Crippen LogP) is 1.87. The van der Waals surface area contributed by atoms with Crippen molar-refractivity contribution in [2.24, 2.45) is 5.92 Å². The summed E-state index contributed by atoms with van der Waals surface area (Å²) in [6.45, 7) is 3.98. The predicted molar refractivity (Wildman–Crippen MR) is 87.6 cm³/mol. The fraction of sp³-hybridized carbons (Fsp3) is 0.867. The number of amides is 1. The molecular formula is C15H29NO6S. The fourth-order valence-electron chi connectivity index (χ4n) is 1.77. The van der Waals surface area contributed by atoms with E-state index in [-0.39, 0.29) is 37.2 Å². The zero-order valence-electron chi connectivity index (χ0n) is 14.3. The molecular weight excluding hydrogens is 322 g/mol. The van der Waals surface area contributed by atoms with Crippen LogP contribution in [0.25, 0.3) is 0 Å². The molecule has 0 unspecified atom stereocenters. The van der Waals surface area contributed by atoms with Crippen molar-refractivity contribution in [1.82, 2.24) is 4.90 Å². The Balaban J connectivity index is 3.87. The average molecular weight is 351 g/mol. The van der Waals surface area contributed by atoms with Crippen LogP contribution in [0.15, 0.2) is 0 Å². The van der Waals surface area contributed by atoms with Crippen LogP contribution in [0.3, 0.4) is 0 Å². The minimum atomic E-state index is -3.60. The van der Waals surface area contributed by atoms with Crippen LogP contribution in [0.2, 0.25) is 0 Å². The van der Waals surface area contributed by atoms with E-state index in [1.165, 1.54) is 4.90 Å². The van der Waals surface area contributed by atoms with Crippen molar-refractivity contribution in [3.8, 4) is 0 Å². The van der Waals surface area contributed by atoms with Crippen molar-refractivity contribution in [2.45, 2.75) is 52.4 Å². The summed E-state index contributed by atoms with van der Waals surface area (Å²) in [4.78, 5) is 23.6. The number of aliphatic carboxylic acids is 1. The van der Waals surface area contributed by atoms with Crippen LogP contribution in [0.4, 0.5) is 0 Å². The molecule has 0 bridgehead atoms. The first-order valence-electron chi connectivity index (χ1n) is 7.97. The van der Waals surface area contributed by atoms with Crippen LogP contribution in [0.1, 0.15) is 52.4 Å². The van der Waals surface area contributed by atoms with E-state index in [2.05, 4.69) is 0 Å². The van der Waals surface area contributed by atoms with Gasteiger partial charge in [-0.3, -0.25) is 13.8 Å². The first-order chi connectivity index (χ1) is 10.6. The molecule has 0 aromatic heterocycles. The smallest absolute Gasteiger partial charge is 0.303 e. The summed E-state index contributed by atoms with van der Waals surface area (Å²) in [6.07, 6.45) is 3.37. The molecule has 0 heterocycles. The largest absolute Gasteiger partial charge is 0.481 e. The summed E-state index contributed by atoms with van der Waals surface area (Å²) in [7, 11) is -2.02. The van der Waals surface area contributed by atoms with Gasteiger partial charge < -0.3 is 10.0 Å². The SMILES string of the molecule is CC(C)COS(=O)(=O)CCN(C)C(=O)CCCCCCC(=O)O. The van der Waals surface area contributed by atoms with Gasteiger partial charge in [-0.1, -0.05) is 26.7 Å². The van der Waals surface area contributed by atoms with E-state index in [9.17, 15) is 18.0 Å². The fourth-order valence-corrected chi connectivity index (χ4v) is 2.86. The molecule has 0 rings (SSSR count). The van der Waals surface area contributed by atoms with Crippen LogP contribution in [0.5, 0.6) is 0 Å². The Morgan fingerprint density at radius 3 is 2.17 bits per heavy atom. The molecule has 0 spiro atoms. The molecule has 136 valence electrons. The highest BCUT2D eigenvalue weighted by molar-refractivity contribution is 7.86. The maximum Gasteiger partial charge on any atom is 0.303 e. The number of hydrogen-bond acceptors (Lipinski definition) is 5. The minimum absolute atomic E-state index is 0.109. The molecule has 0 aliphatic heterocycles. The van der Waals surface area contributed by atoms with Crippen molar-refractivity contribution in [2.75, 3.05) is 26.0 Å². The van der Waals surface area contributed by atoms with Crippen LogP contribution < -0.4 is 0 Å². The minimum Gasteiger partial charge on any atom is -0.481 e. The lowest BCUT2D eigenvalue weighted by atomic mass is 10.1. The third-order valence-corrected chi connectivity index (χ3v) is 4.39. The van der Waals surface area contributed by atoms with Gasteiger partial charge >= 0.3 is 5.97 Å². The van der Waals surface area contributed by atoms with Gasteiger partial charge in [0.1, 0.15) is 0 Å². The monoisotopic (exact) mass is 351 g/mol. The number of carboxylic acid groups (broad SMARTS) is 1. The maximum atomic E-state index is 11.9. The number of carboxylic acids is 1. The Morgan fingerprint density at radius 1 is 1.09 bits per heavy atom. The molecule has 0 radical (unpaired) electrons. The first-order valence-corrected chi connectivity index (χ1v) is 9.54. The van der Waals surface area contributed by atoms with Crippen LogP contribution in [-0.2, 0) is 23.9 Å². The molecule has 0 atom stereocenters. The molecule has 8 heteroatoms. The van der Waals surface area contributed by atoms with Gasteiger partial charge in [0.05, 0.1) is 12.4 Å². The van der Waals surface area contributed by atoms with Crippen molar-refractivity contribution >= 4 is 22.0 Å². The molecule has 0 saturated carbocycles. The topological polar surface area (TPSA) is 101 Å². The van der Waals surface area contributed by atoms with Gasteiger partial charge in [-0.15, -0.1) is 0 Å². The van der Waals surface area contributed by atoms with Crippen LogP contribution >= 0.6 is 0 Å². The van der Waals surface area contributed by atoms with Crippen molar-refractivity contribution in [3.05, 3.63) is 0 Å². The second-order valence-corrected chi connectivity index (χ2v) is 7.82. The Kier molecular flexibility index (Phi) is 10.8.